The zero-order chi connectivity index (χ0) is 27.0. The van der Waals surface area contributed by atoms with E-state index in [2.05, 4.69) is 33.0 Å². The van der Waals surface area contributed by atoms with Crippen LogP contribution in [0.15, 0.2) is 0 Å². The van der Waals surface area contributed by atoms with Gasteiger partial charge in [-0.2, -0.15) is 0 Å². The van der Waals surface area contributed by atoms with Crippen molar-refractivity contribution in [2.75, 3.05) is 19.8 Å². The molecule has 0 saturated heterocycles. The maximum atomic E-state index is 12.0. The van der Waals surface area contributed by atoms with Crippen LogP contribution < -0.4 is 5.32 Å². The van der Waals surface area contributed by atoms with Crippen LogP contribution in [0.5, 0.6) is 0 Å². The molecule has 0 aromatic rings. The summed E-state index contributed by atoms with van der Waals surface area (Å²) < 4.78 is 10.2. The van der Waals surface area contributed by atoms with Crippen molar-refractivity contribution in [1.82, 2.24) is 5.32 Å². The molecule has 4 fully saturated rings. The summed E-state index contributed by atoms with van der Waals surface area (Å²) in [6, 6.07) is 0. The van der Waals surface area contributed by atoms with E-state index >= 15 is 0 Å². The van der Waals surface area contributed by atoms with E-state index in [4.69, 9.17) is 9.47 Å². The lowest BCUT2D eigenvalue weighted by atomic mass is 9.41. The number of alkyl carbamates (subject to hydrolysis) is 1. The van der Waals surface area contributed by atoms with E-state index in [-0.39, 0.29) is 42.1 Å². The van der Waals surface area contributed by atoms with Gasteiger partial charge in [-0.3, -0.25) is 4.79 Å². The van der Waals surface area contributed by atoms with Gasteiger partial charge in [-0.25, -0.2) is 4.79 Å². The first-order valence-electron chi connectivity index (χ1n) is 15.0. The van der Waals surface area contributed by atoms with Gasteiger partial charge in [-0.15, -0.1) is 0 Å². The summed E-state index contributed by atoms with van der Waals surface area (Å²) in [6.07, 6.45) is 8.26. The second-order valence-electron chi connectivity index (χ2n) is 13.2. The summed E-state index contributed by atoms with van der Waals surface area (Å²) in [5.74, 6) is 2.63. The highest BCUT2D eigenvalue weighted by molar-refractivity contribution is 5.77. The second-order valence-corrected chi connectivity index (χ2v) is 13.2. The molecule has 7 nitrogen and oxygen atoms in total. The highest BCUT2D eigenvalue weighted by Crippen LogP contribution is 2.69. The van der Waals surface area contributed by atoms with Crippen LogP contribution in [0.1, 0.15) is 92.4 Å². The fourth-order valence-electron chi connectivity index (χ4n) is 9.88. The maximum Gasteiger partial charge on any atom is 0.407 e. The summed E-state index contributed by atoms with van der Waals surface area (Å²) >= 11 is 0. The highest BCUT2D eigenvalue weighted by Gasteiger charge is 2.64. The molecule has 0 aliphatic heterocycles. The van der Waals surface area contributed by atoms with Crippen molar-refractivity contribution in [2.24, 2.45) is 52.3 Å². The fourth-order valence-corrected chi connectivity index (χ4v) is 9.88. The molecule has 0 spiro atoms. The van der Waals surface area contributed by atoms with Gasteiger partial charge in [0.15, 0.2) is 0 Å². The van der Waals surface area contributed by atoms with E-state index in [1.54, 1.807) is 6.92 Å². The van der Waals surface area contributed by atoms with Crippen LogP contribution >= 0.6 is 0 Å². The lowest BCUT2D eigenvalue weighted by molar-refractivity contribution is -0.203. The van der Waals surface area contributed by atoms with Gasteiger partial charge in [-0.05, 0) is 111 Å². The van der Waals surface area contributed by atoms with Gasteiger partial charge in [0, 0.05) is 0 Å². The number of carbonyl (C=O) groups is 2. The Morgan fingerprint density at radius 2 is 1.68 bits per heavy atom. The number of rotatable bonds is 8. The maximum absolute atomic E-state index is 12.0. The first kappa shape index (κ1) is 28.7. The lowest BCUT2D eigenvalue weighted by Gasteiger charge is -2.64. The van der Waals surface area contributed by atoms with E-state index in [1.807, 2.05) is 0 Å². The summed E-state index contributed by atoms with van der Waals surface area (Å²) in [6.45, 7) is 11.6. The summed E-state index contributed by atoms with van der Waals surface area (Å²) in [4.78, 5) is 23.4. The second kappa shape index (κ2) is 11.4. The monoisotopic (exact) mass is 521 g/mol. The number of fused-ring (bicyclic) bond motifs is 5. The predicted octanol–water partition coefficient (Wildman–Crippen LogP) is 4.93. The van der Waals surface area contributed by atoms with Crippen molar-refractivity contribution in [3.8, 4) is 0 Å². The van der Waals surface area contributed by atoms with E-state index in [0.29, 0.717) is 42.1 Å². The molecule has 37 heavy (non-hydrogen) atoms. The van der Waals surface area contributed by atoms with Crippen molar-refractivity contribution in [2.45, 2.75) is 105 Å². The Hall–Kier alpha value is -1.34. The smallest absolute Gasteiger partial charge is 0.407 e. The molecule has 0 bridgehead atoms. The first-order valence-corrected chi connectivity index (χ1v) is 15.0. The molecule has 4 aliphatic rings. The first-order chi connectivity index (χ1) is 17.6. The Kier molecular flexibility index (Phi) is 8.84. The Labute approximate surface area is 223 Å². The van der Waals surface area contributed by atoms with Crippen molar-refractivity contribution in [3.63, 3.8) is 0 Å². The minimum atomic E-state index is -0.576. The van der Waals surface area contributed by atoms with Crippen molar-refractivity contribution in [1.29, 1.82) is 0 Å². The third-order valence-corrected chi connectivity index (χ3v) is 11.6. The Morgan fingerprint density at radius 3 is 2.38 bits per heavy atom. The Balaban J connectivity index is 1.39. The van der Waals surface area contributed by atoms with Crippen LogP contribution in [0.4, 0.5) is 4.79 Å². The van der Waals surface area contributed by atoms with Crippen molar-refractivity contribution >= 4 is 12.1 Å². The Morgan fingerprint density at radius 1 is 0.973 bits per heavy atom. The number of esters is 1. The third kappa shape index (κ3) is 5.28. The van der Waals surface area contributed by atoms with Crippen LogP contribution in [0, 0.1) is 52.3 Å². The number of amides is 1. The molecule has 0 radical (unpaired) electrons. The van der Waals surface area contributed by atoms with Crippen LogP contribution in [0.2, 0.25) is 0 Å². The number of aliphatic hydroxyl groups excluding tert-OH is 2. The quantitative estimate of drug-likeness (QED) is 0.391. The van der Waals surface area contributed by atoms with E-state index < -0.39 is 12.1 Å². The zero-order valence-corrected chi connectivity index (χ0v) is 23.7. The zero-order valence-electron chi connectivity index (χ0n) is 23.7. The van der Waals surface area contributed by atoms with Gasteiger partial charge in [0.1, 0.15) is 6.54 Å². The molecule has 4 rings (SSSR count). The molecular formula is C30H51NO6. The fraction of sp³-hybridized carbons (Fsp3) is 0.933. The topological polar surface area (TPSA) is 105 Å². The van der Waals surface area contributed by atoms with Crippen LogP contribution in [0.25, 0.3) is 0 Å². The molecular weight excluding hydrogens is 470 g/mol. The SMILES string of the molecule is CCOC(=O)CNC(=O)OCC[C@@H](C)C1CC[C@H]2[C@H]3C(CC[C@]12C)[C@@]1(C)CC[C@@H](O)C[C@H]1[C@@H](CC)[C@H]3O. The van der Waals surface area contributed by atoms with Gasteiger partial charge < -0.3 is 25.0 Å². The predicted molar refractivity (Wildman–Crippen MR) is 142 cm³/mol. The molecule has 0 heterocycles. The normalized spacial score (nSPS) is 43.6. The molecule has 4 aliphatic carbocycles. The minimum Gasteiger partial charge on any atom is -0.465 e. The van der Waals surface area contributed by atoms with E-state index in [9.17, 15) is 19.8 Å². The summed E-state index contributed by atoms with van der Waals surface area (Å²) in [5, 5.41) is 24.8. The number of hydrogen-bond acceptors (Lipinski definition) is 6. The number of ether oxygens (including phenoxy) is 2. The Bertz CT molecular complexity index is 820. The standard InChI is InChI=1S/C30H51NO6/c1-6-20-24-16-19(32)10-13-30(24,5)23-11-14-29(4)21(8-9-22(29)26(23)27(20)34)18(3)12-15-37-28(35)31-17-25(33)36-7-2/h18-24,26-27,32,34H,6-17H2,1-5H3,(H,31,35)/t18-,19-,20-,21?,22+,23?,24+,26+,27-,29-,30-/m1/s1. The lowest BCUT2D eigenvalue weighted by Crippen LogP contribution is -2.62. The number of carbonyl (C=O) groups excluding carboxylic acids is 2. The minimum absolute atomic E-state index is 0.174. The number of nitrogens with one attached hydrogen (secondary N) is 1. The van der Waals surface area contributed by atoms with E-state index in [0.717, 1.165) is 32.1 Å². The molecule has 212 valence electrons. The molecule has 11 atom stereocenters. The molecule has 1 amide bonds. The molecule has 0 aromatic heterocycles. The molecule has 0 aromatic carbocycles. The van der Waals surface area contributed by atoms with Gasteiger partial charge >= 0.3 is 12.1 Å². The summed E-state index contributed by atoms with van der Waals surface area (Å²) in [7, 11) is 0. The molecule has 4 saturated carbocycles. The van der Waals surface area contributed by atoms with Gasteiger partial charge in [0.2, 0.25) is 0 Å². The average Bonchev–Trinajstić information content (AvgIpc) is 3.21. The van der Waals surface area contributed by atoms with Crippen molar-refractivity contribution < 1.29 is 29.3 Å². The number of hydrogen-bond donors (Lipinski definition) is 3. The largest absolute Gasteiger partial charge is 0.465 e. The van der Waals surface area contributed by atoms with Crippen molar-refractivity contribution in [3.05, 3.63) is 0 Å². The van der Waals surface area contributed by atoms with Crippen LogP contribution in [-0.2, 0) is 14.3 Å². The van der Waals surface area contributed by atoms with Crippen LogP contribution in [0.3, 0.4) is 0 Å². The molecule has 3 N–H and O–H groups in total. The van der Waals surface area contributed by atoms with Gasteiger partial charge in [-0.1, -0.05) is 34.1 Å². The van der Waals surface area contributed by atoms with E-state index in [1.165, 1.54) is 25.7 Å². The summed E-state index contributed by atoms with van der Waals surface area (Å²) in [5.41, 5.74) is 0.420. The third-order valence-electron chi connectivity index (χ3n) is 11.6. The average molecular weight is 522 g/mol. The van der Waals surface area contributed by atoms with Crippen LogP contribution in [-0.4, -0.2) is 54.2 Å². The van der Waals surface area contributed by atoms with Gasteiger partial charge in [0.05, 0.1) is 25.4 Å². The molecule has 7 heteroatoms. The van der Waals surface area contributed by atoms with Gasteiger partial charge in [0.25, 0.3) is 0 Å². The highest BCUT2D eigenvalue weighted by atomic mass is 16.6. The molecule has 2 unspecified atom stereocenters. The number of aliphatic hydroxyl groups is 2.